The quantitative estimate of drug-likeness (QED) is 0.639. The summed E-state index contributed by atoms with van der Waals surface area (Å²) in [6.45, 7) is 5.83. The number of hydrogen-bond acceptors (Lipinski definition) is 3. The number of benzene rings is 2. The molecule has 4 nitrogen and oxygen atoms in total. The van der Waals surface area contributed by atoms with Gasteiger partial charge in [-0.2, -0.15) is 0 Å². The summed E-state index contributed by atoms with van der Waals surface area (Å²) in [6.07, 6.45) is 3.20. The minimum atomic E-state index is -0.280. The summed E-state index contributed by atoms with van der Waals surface area (Å²) in [6, 6.07) is 12.9. The minimum absolute atomic E-state index is 0.0660. The Bertz CT molecular complexity index is 761. The van der Waals surface area contributed by atoms with E-state index in [-0.39, 0.29) is 11.7 Å². The normalized spacial score (nSPS) is 10.6. The van der Waals surface area contributed by atoms with Gasteiger partial charge in [0.1, 0.15) is 5.75 Å². The maximum atomic E-state index is 12.2. The van der Waals surface area contributed by atoms with Gasteiger partial charge >= 0.3 is 0 Å². The van der Waals surface area contributed by atoms with Crippen molar-refractivity contribution in [2.75, 3.05) is 11.9 Å². The van der Waals surface area contributed by atoms with Crippen LogP contribution >= 0.6 is 0 Å². The average Bonchev–Trinajstić information content (AvgIpc) is 2.56. The molecule has 0 aliphatic heterocycles. The fourth-order valence-corrected chi connectivity index (χ4v) is 2.15. The molecule has 2 rings (SSSR count). The highest BCUT2D eigenvalue weighted by Gasteiger charge is 2.09. The van der Waals surface area contributed by atoms with E-state index in [1.54, 1.807) is 24.3 Å². The molecule has 0 aliphatic carbocycles. The molecule has 0 radical (unpaired) electrons. The lowest BCUT2D eigenvalue weighted by Gasteiger charge is -2.11. The third kappa shape index (κ3) is 4.81. The van der Waals surface area contributed by atoms with Crippen LogP contribution in [-0.2, 0) is 4.79 Å². The summed E-state index contributed by atoms with van der Waals surface area (Å²) < 4.78 is 5.50. The number of ketones is 1. The molecule has 0 spiro atoms. The largest absolute Gasteiger partial charge is 0.492 e. The van der Waals surface area contributed by atoms with Crippen LogP contribution in [0.15, 0.2) is 48.5 Å². The standard InChI is InChI=1S/C20H21NO3/c1-4-24-19-11-10-17(15(3)22)13-18(19)21-20(23)12-9-16-7-5-14(2)6-8-16/h5-13H,4H2,1-3H3,(H,21,23)/b12-9+. The van der Waals surface area contributed by atoms with Crippen LogP contribution in [0.3, 0.4) is 0 Å². The number of amides is 1. The van der Waals surface area contributed by atoms with Gasteiger partial charge in [-0.3, -0.25) is 9.59 Å². The first-order chi connectivity index (χ1) is 11.5. The third-order valence-electron chi connectivity index (χ3n) is 3.45. The van der Waals surface area contributed by atoms with Gasteiger partial charge in [0.15, 0.2) is 5.78 Å². The van der Waals surface area contributed by atoms with Gasteiger partial charge in [-0.1, -0.05) is 29.8 Å². The Morgan fingerprint density at radius 3 is 2.46 bits per heavy atom. The molecule has 0 aromatic heterocycles. The summed E-state index contributed by atoms with van der Waals surface area (Å²) in [4.78, 5) is 23.7. The number of Topliss-reactive ketones (excluding diaryl/α,β-unsaturated/α-hetero) is 1. The average molecular weight is 323 g/mol. The predicted octanol–water partition coefficient (Wildman–Crippen LogP) is 4.25. The molecular weight excluding hydrogens is 302 g/mol. The molecule has 4 heteroatoms. The van der Waals surface area contributed by atoms with Crippen LogP contribution in [0.2, 0.25) is 0 Å². The Labute approximate surface area is 142 Å². The molecular formula is C20H21NO3. The summed E-state index contributed by atoms with van der Waals surface area (Å²) in [5, 5.41) is 2.77. The van der Waals surface area contributed by atoms with Gasteiger partial charge in [-0.15, -0.1) is 0 Å². The molecule has 2 aromatic rings. The Morgan fingerprint density at radius 2 is 1.83 bits per heavy atom. The highest BCUT2D eigenvalue weighted by Crippen LogP contribution is 2.26. The van der Waals surface area contributed by atoms with Crippen LogP contribution in [0.1, 0.15) is 35.3 Å². The highest BCUT2D eigenvalue weighted by atomic mass is 16.5. The van der Waals surface area contributed by atoms with Crippen molar-refractivity contribution < 1.29 is 14.3 Å². The van der Waals surface area contributed by atoms with E-state index in [0.717, 1.165) is 5.56 Å². The Hall–Kier alpha value is -2.88. The first kappa shape index (κ1) is 17.5. The Kier molecular flexibility index (Phi) is 5.90. The molecule has 24 heavy (non-hydrogen) atoms. The van der Waals surface area contributed by atoms with Gasteiger partial charge in [-0.25, -0.2) is 0 Å². The van der Waals surface area contributed by atoms with E-state index < -0.39 is 0 Å². The number of carbonyl (C=O) groups excluding carboxylic acids is 2. The molecule has 0 saturated carbocycles. The van der Waals surface area contributed by atoms with E-state index in [2.05, 4.69) is 5.32 Å². The van der Waals surface area contributed by atoms with E-state index in [9.17, 15) is 9.59 Å². The first-order valence-corrected chi connectivity index (χ1v) is 7.83. The molecule has 1 N–H and O–H groups in total. The third-order valence-corrected chi connectivity index (χ3v) is 3.45. The molecule has 0 fully saturated rings. The molecule has 2 aromatic carbocycles. The van der Waals surface area contributed by atoms with Gasteiger partial charge in [0.05, 0.1) is 12.3 Å². The highest BCUT2D eigenvalue weighted by molar-refractivity contribution is 6.04. The van der Waals surface area contributed by atoms with Crippen molar-refractivity contribution in [3.63, 3.8) is 0 Å². The van der Waals surface area contributed by atoms with E-state index >= 15 is 0 Å². The zero-order valence-corrected chi connectivity index (χ0v) is 14.1. The van der Waals surface area contributed by atoms with Gasteiger partial charge in [-0.05, 0) is 50.6 Å². The van der Waals surface area contributed by atoms with Crippen molar-refractivity contribution >= 4 is 23.5 Å². The molecule has 124 valence electrons. The summed E-state index contributed by atoms with van der Waals surface area (Å²) in [5.74, 6) is 0.195. The van der Waals surface area contributed by atoms with Crippen LogP contribution in [0, 0.1) is 6.92 Å². The van der Waals surface area contributed by atoms with Gasteiger partial charge in [0.2, 0.25) is 5.91 Å². The van der Waals surface area contributed by atoms with Gasteiger partial charge < -0.3 is 10.1 Å². The second-order valence-corrected chi connectivity index (χ2v) is 5.43. The lowest BCUT2D eigenvalue weighted by molar-refractivity contribution is -0.111. The molecule has 0 unspecified atom stereocenters. The van der Waals surface area contributed by atoms with E-state index in [0.29, 0.717) is 23.6 Å². The van der Waals surface area contributed by atoms with Crippen LogP contribution in [0.25, 0.3) is 6.08 Å². The lowest BCUT2D eigenvalue weighted by atomic mass is 10.1. The molecule has 0 atom stereocenters. The summed E-state index contributed by atoms with van der Waals surface area (Å²) in [5.41, 5.74) is 3.12. The first-order valence-electron chi connectivity index (χ1n) is 7.83. The van der Waals surface area contributed by atoms with Crippen molar-refractivity contribution in [1.82, 2.24) is 0 Å². The second-order valence-electron chi connectivity index (χ2n) is 5.43. The monoisotopic (exact) mass is 323 g/mol. The van der Waals surface area contributed by atoms with E-state index in [1.807, 2.05) is 38.1 Å². The molecule has 0 saturated heterocycles. The molecule has 0 heterocycles. The number of carbonyl (C=O) groups is 2. The zero-order valence-electron chi connectivity index (χ0n) is 14.1. The Balaban J connectivity index is 2.16. The van der Waals surface area contributed by atoms with Crippen LogP contribution < -0.4 is 10.1 Å². The lowest BCUT2D eigenvalue weighted by Crippen LogP contribution is -2.10. The fourth-order valence-electron chi connectivity index (χ4n) is 2.15. The van der Waals surface area contributed by atoms with Crippen molar-refractivity contribution in [3.05, 3.63) is 65.2 Å². The van der Waals surface area contributed by atoms with Crippen molar-refractivity contribution in [2.24, 2.45) is 0 Å². The molecule has 0 bridgehead atoms. The fraction of sp³-hybridized carbons (Fsp3) is 0.200. The maximum absolute atomic E-state index is 12.2. The van der Waals surface area contributed by atoms with Crippen molar-refractivity contribution in [3.8, 4) is 5.75 Å². The minimum Gasteiger partial charge on any atom is -0.492 e. The van der Waals surface area contributed by atoms with Crippen LogP contribution in [-0.4, -0.2) is 18.3 Å². The molecule has 0 aliphatic rings. The number of hydrogen-bond donors (Lipinski definition) is 1. The topological polar surface area (TPSA) is 55.4 Å². The number of rotatable bonds is 6. The number of ether oxygens (including phenoxy) is 1. The number of aryl methyl sites for hydroxylation is 1. The van der Waals surface area contributed by atoms with Crippen LogP contribution in [0.5, 0.6) is 5.75 Å². The zero-order chi connectivity index (χ0) is 17.5. The van der Waals surface area contributed by atoms with Crippen molar-refractivity contribution in [1.29, 1.82) is 0 Å². The van der Waals surface area contributed by atoms with Crippen LogP contribution in [0.4, 0.5) is 5.69 Å². The van der Waals surface area contributed by atoms with Crippen molar-refractivity contribution in [2.45, 2.75) is 20.8 Å². The number of anilines is 1. The Morgan fingerprint density at radius 1 is 1.12 bits per heavy atom. The smallest absolute Gasteiger partial charge is 0.248 e. The summed E-state index contributed by atoms with van der Waals surface area (Å²) in [7, 11) is 0. The van der Waals surface area contributed by atoms with Gasteiger partial charge in [0.25, 0.3) is 0 Å². The van der Waals surface area contributed by atoms with Gasteiger partial charge in [0, 0.05) is 11.6 Å². The second kappa shape index (κ2) is 8.11. The van der Waals surface area contributed by atoms with E-state index in [4.69, 9.17) is 4.74 Å². The number of nitrogens with one attached hydrogen (secondary N) is 1. The summed E-state index contributed by atoms with van der Waals surface area (Å²) >= 11 is 0. The predicted molar refractivity (Wildman–Crippen MR) is 96.5 cm³/mol. The maximum Gasteiger partial charge on any atom is 0.248 e. The SMILES string of the molecule is CCOc1ccc(C(C)=O)cc1NC(=O)/C=C/c1ccc(C)cc1. The van der Waals surface area contributed by atoms with E-state index in [1.165, 1.54) is 18.6 Å². The molecule has 1 amide bonds.